The zero-order chi connectivity index (χ0) is 21.3. The van der Waals surface area contributed by atoms with Gasteiger partial charge in [-0.25, -0.2) is 0 Å². The van der Waals surface area contributed by atoms with Crippen LogP contribution in [0.2, 0.25) is 5.02 Å². The van der Waals surface area contributed by atoms with Crippen LogP contribution in [0.25, 0.3) is 11.4 Å². The fourth-order valence-corrected chi connectivity index (χ4v) is 4.37. The van der Waals surface area contributed by atoms with Crippen LogP contribution in [0.15, 0.2) is 48.5 Å². The summed E-state index contributed by atoms with van der Waals surface area (Å²) in [6.07, 6.45) is 0.129. The predicted octanol–water partition coefficient (Wildman–Crippen LogP) is 4.03. The Morgan fingerprint density at radius 1 is 1.27 bits per heavy atom. The van der Waals surface area contributed by atoms with Gasteiger partial charge >= 0.3 is 0 Å². The summed E-state index contributed by atoms with van der Waals surface area (Å²) in [4.78, 5) is 31.3. The van der Waals surface area contributed by atoms with E-state index in [1.54, 1.807) is 31.2 Å². The molecule has 0 spiro atoms. The number of anilines is 1. The molecule has 7 nitrogen and oxygen atoms in total. The lowest BCUT2D eigenvalue weighted by Gasteiger charge is -2.24. The largest absolute Gasteiger partial charge is 0.497 e. The van der Waals surface area contributed by atoms with E-state index in [0.29, 0.717) is 16.0 Å². The van der Waals surface area contributed by atoms with E-state index < -0.39 is 5.92 Å². The molecule has 2 amide bonds. The number of hydrogen-bond acceptors (Lipinski definition) is 6. The summed E-state index contributed by atoms with van der Waals surface area (Å²) in [6, 6.07) is 14.2. The van der Waals surface area contributed by atoms with Crippen LogP contribution in [0, 0.1) is 5.92 Å². The van der Waals surface area contributed by atoms with E-state index in [4.69, 9.17) is 16.3 Å². The number of hydrogen-bond donors (Lipinski definition) is 1. The smallest absolute Gasteiger partial charge is 0.232 e. The first-order chi connectivity index (χ1) is 14.5. The van der Waals surface area contributed by atoms with Gasteiger partial charge in [-0.1, -0.05) is 23.7 Å². The number of nitrogens with one attached hydrogen (secondary N) is 1. The zero-order valence-electron chi connectivity index (χ0n) is 16.3. The molecule has 0 saturated carbocycles. The molecule has 1 aromatic heterocycles. The Kier molecular flexibility index (Phi) is 5.69. The number of ether oxygens (including phenoxy) is 1. The van der Waals surface area contributed by atoms with Crippen molar-refractivity contribution in [2.75, 3.05) is 19.5 Å². The van der Waals surface area contributed by atoms with Crippen LogP contribution in [0.4, 0.5) is 5.13 Å². The maximum Gasteiger partial charge on any atom is 0.232 e. The fraction of sp³-hybridized carbons (Fsp3) is 0.238. The monoisotopic (exact) mass is 442 g/mol. The number of amides is 2. The van der Waals surface area contributed by atoms with E-state index in [1.807, 2.05) is 36.4 Å². The van der Waals surface area contributed by atoms with Gasteiger partial charge < -0.3 is 15.0 Å². The van der Waals surface area contributed by atoms with Crippen molar-refractivity contribution in [1.82, 2.24) is 14.3 Å². The minimum atomic E-state index is -0.547. The first-order valence-electron chi connectivity index (χ1n) is 9.26. The molecule has 2 heterocycles. The molecule has 9 heteroatoms. The molecule has 1 aliphatic rings. The lowest BCUT2D eigenvalue weighted by atomic mass is 9.93. The average Bonchev–Trinajstić information content (AvgIpc) is 3.33. The molecule has 2 aromatic carbocycles. The maximum atomic E-state index is 13.0. The van der Waals surface area contributed by atoms with E-state index >= 15 is 0 Å². The molecule has 1 N–H and O–H groups in total. The van der Waals surface area contributed by atoms with Crippen molar-refractivity contribution in [3.8, 4) is 17.1 Å². The molecule has 1 saturated heterocycles. The van der Waals surface area contributed by atoms with E-state index in [-0.39, 0.29) is 24.3 Å². The predicted molar refractivity (Wildman–Crippen MR) is 116 cm³/mol. The summed E-state index contributed by atoms with van der Waals surface area (Å²) in [6.45, 7) is 0. The van der Waals surface area contributed by atoms with Gasteiger partial charge in [0, 0.05) is 35.6 Å². The Balaban J connectivity index is 1.52. The molecular weight excluding hydrogens is 424 g/mol. The second-order valence-electron chi connectivity index (χ2n) is 6.96. The van der Waals surface area contributed by atoms with Crippen molar-refractivity contribution < 1.29 is 14.3 Å². The lowest BCUT2D eigenvalue weighted by molar-refractivity contribution is -0.127. The first-order valence-corrected chi connectivity index (χ1v) is 10.4. The summed E-state index contributed by atoms with van der Waals surface area (Å²) in [5.41, 5.74) is 1.65. The molecule has 3 aromatic rings. The molecule has 0 bridgehead atoms. The van der Waals surface area contributed by atoms with Gasteiger partial charge in [-0.2, -0.15) is 9.36 Å². The van der Waals surface area contributed by atoms with Crippen LogP contribution >= 0.6 is 23.1 Å². The highest BCUT2D eigenvalue weighted by molar-refractivity contribution is 7.10. The average molecular weight is 443 g/mol. The van der Waals surface area contributed by atoms with E-state index in [1.165, 1.54) is 0 Å². The number of carbonyl (C=O) groups is 2. The van der Waals surface area contributed by atoms with Gasteiger partial charge in [-0.3, -0.25) is 9.59 Å². The van der Waals surface area contributed by atoms with Crippen molar-refractivity contribution in [3.05, 3.63) is 59.1 Å². The Morgan fingerprint density at radius 2 is 2.03 bits per heavy atom. The fourth-order valence-electron chi connectivity index (χ4n) is 3.58. The van der Waals surface area contributed by atoms with Gasteiger partial charge in [-0.05, 0) is 42.0 Å². The Hall–Kier alpha value is -2.97. The second-order valence-corrected chi connectivity index (χ2v) is 8.14. The summed E-state index contributed by atoms with van der Waals surface area (Å²) in [7, 11) is 3.31. The Bertz CT molecular complexity index is 1090. The SMILES string of the molecule is COc1ccc(-c2nsc(NC(=O)C3CC(=O)N(C)C3c3cccc(Cl)c3)n2)cc1. The highest BCUT2D eigenvalue weighted by Crippen LogP contribution is 2.38. The minimum absolute atomic E-state index is 0.0867. The van der Waals surface area contributed by atoms with Gasteiger partial charge in [0.15, 0.2) is 5.82 Å². The van der Waals surface area contributed by atoms with Crippen molar-refractivity contribution in [3.63, 3.8) is 0 Å². The van der Waals surface area contributed by atoms with Crippen LogP contribution in [0.3, 0.4) is 0 Å². The molecule has 0 radical (unpaired) electrons. The normalized spacial score (nSPS) is 18.5. The Morgan fingerprint density at radius 3 is 2.73 bits per heavy atom. The molecular formula is C21H19ClN4O3S. The molecule has 4 rings (SSSR count). The van der Waals surface area contributed by atoms with Crippen LogP contribution < -0.4 is 10.1 Å². The van der Waals surface area contributed by atoms with Gasteiger partial charge in [0.2, 0.25) is 16.9 Å². The summed E-state index contributed by atoms with van der Waals surface area (Å²) < 4.78 is 9.48. The summed E-state index contributed by atoms with van der Waals surface area (Å²) >= 11 is 7.21. The number of rotatable bonds is 5. The highest BCUT2D eigenvalue weighted by Gasteiger charge is 2.43. The second kappa shape index (κ2) is 8.41. The van der Waals surface area contributed by atoms with Crippen molar-refractivity contribution in [2.24, 2.45) is 5.92 Å². The number of methoxy groups -OCH3 is 1. The topological polar surface area (TPSA) is 84.4 Å². The third-order valence-corrected chi connectivity index (χ3v) is 5.98. The molecule has 2 unspecified atom stereocenters. The molecule has 0 aliphatic carbocycles. The van der Waals surface area contributed by atoms with E-state index in [9.17, 15) is 9.59 Å². The number of carbonyl (C=O) groups excluding carboxylic acids is 2. The van der Waals surface area contributed by atoms with E-state index in [0.717, 1.165) is 28.4 Å². The van der Waals surface area contributed by atoms with Crippen LogP contribution in [0.1, 0.15) is 18.0 Å². The summed E-state index contributed by atoms with van der Waals surface area (Å²) in [5, 5.41) is 3.77. The first kappa shape index (κ1) is 20.3. The standard InChI is InChI=1S/C21H19ClN4O3S/c1-26-17(27)11-16(18(26)13-4-3-5-14(22)10-13)20(28)24-21-23-19(25-30-21)12-6-8-15(29-2)9-7-12/h3-10,16,18H,11H2,1-2H3,(H,23,24,25,28). The number of halogens is 1. The number of aromatic nitrogens is 2. The number of benzene rings is 2. The molecule has 30 heavy (non-hydrogen) atoms. The number of likely N-dealkylation sites (tertiary alicyclic amines) is 1. The molecule has 1 fully saturated rings. The zero-order valence-corrected chi connectivity index (χ0v) is 17.9. The quantitative estimate of drug-likeness (QED) is 0.645. The minimum Gasteiger partial charge on any atom is -0.497 e. The van der Waals surface area contributed by atoms with Gasteiger partial charge in [0.1, 0.15) is 5.75 Å². The molecule has 1 aliphatic heterocycles. The molecule has 154 valence electrons. The van der Waals surface area contributed by atoms with Crippen molar-refractivity contribution in [2.45, 2.75) is 12.5 Å². The maximum absolute atomic E-state index is 13.0. The van der Waals surface area contributed by atoms with Crippen LogP contribution in [-0.4, -0.2) is 40.2 Å². The lowest BCUT2D eigenvalue weighted by Crippen LogP contribution is -2.30. The highest BCUT2D eigenvalue weighted by atomic mass is 35.5. The summed E-state index contributed by atoms with van der Waals surface area (Å²) in [5.74, 6) is 0.356. The number of nitrogens with zero attached hydrogens (tertiary/aromatic N) is 3. The van der Waals surface area contributed by atoms with Gasteiger partial charge in [-0.15, -0.1) is 0 Å². The van der Waals surface area contributed by atoms with Gasteiger partial charge in [0.05, 0.1) is 19.1 Å². The van der Waals surface area contributed by atoms with Crippen LogP contribution in [0.5, 0.6) is 5.75 Å². The van der Waals surface area contributed by atoms with Crippen LogP contribution in [-0.2, 0) is 9.59 Å². The van der Waals surface area contributed by atoms with Gasteiger partial charge in [0.25, 0.3) is 0 Å². The van der Waals surface area contributed by atoms with E-state index in [2.05, 4.69) is 14.7 Å². The Labute approximate surface area is 182 Å². The third kappa shape index (κ3) is 4.01. The third-order valence-electron chi connectivity index (χ3n) is 5.12. The van der Waals surface area contributed by atoms with Crippen molar-refractivity contribution >= 4 is 40.1 Å². The molecule has 2 atom stereocenters. The van der Waals surface area contributed by atoms with Crippen molar-refractivity contribution in [1.29, 1.82) is 0 Å².